The van der Waals surface area contributed by atoms with Crippen molar-refractivity contribution in [3.05, 3.63) is 28.8 Å². The van der Waals surface area contributed by atoms with Gasteiger partial charge in [0.2, 0.25) is 0 Å². The van der Waals surface area contributed by atoms with Gasteiger partial charge in [0.1, 0.15) is 0 Å². The van der Waals surface area contributed by atoms with E-state index in [1.807, 2.05) is 4.90 Å². The first-order valence-electron chi connectivity index (χ1n) is 9.33. The Kier molecular flexibility index (Phi) is 5.29. The monoisotopic (exact) mass is 365 g/mol. The predicted molar refractivity (Wildman–Crippen MR) is 98.6 cm³/mol. The Bertz CT molecular complexity index is 704. The van der Waals surface area contributed by atoms with Crippen molar-refractivity contribution in [3.8, 4) is 0 Å². The molecule has 2 fully saturated rings. The molecule has 1 unspecified atom stereocenters. The molecule has 25 heavy (non-hydrogen) atoms. The summed E-state index contributed by atoms with van der Waals surface area (Å²) in [6.45, 7) is 2.51. The number of hydrogen-bond donors (Lipinski definition) is 1. The van der Waals surface area contributed by atoms with Gasteiger partial charge in [0.25, 0.3) is 6.43 Å². The molecule has 0 aliphatic carbocycles. The SMILES string of the molecule is FC(F)CN1CCC(c2nc3cc(C4CCCCN4)ccc3s2)CC1. The van der Waals surface area contributed by atoms with E-state index in [1.165, 1.54) is 34.5 Å². The number of halogens is 2. The van der Waals surface area contributed by atoms with Crippen molar-refractivity contribution in [1.82, 2.24) is 15.2 Å². The average molecular weight is 365 g/mol. The first kappa shape index (κ1) is 17.3. The number of benzene rings is 1. The predicted octanol–water partition coefficient (Wildman–Crippen LogP) is 4.56. The van der Waals surface area contributed by atoms with Crippen LogP contribution in [0, 0.1) is 0 Å². The molecule has 1 aromatic heterocycles. The number of aromatic nitrogens is 1. The summed E-state index contributed by atoms with van der Waals surface area (Å²) >= 11 is 1.78. The molecule has 4 rings (SSSR count). The molecule has 2 saturated heterocycles. The van der Waals surface area contributed by atoms with Crippen LogP contribution in [0.4, 0.5) is 8.78 Å². The molecular formula is C19H25F2N3S. The zero-order chi connectivity index (χ0) is 17.2. The van der Waals surface area contributed by atoms with Gasteiger partial charge in [0.05, 0.1) is 21.8 Å². The highest BCUT2D eigenvalue weighted by molar-refractivity contribution is 7.18. The fraction of sp³-hybridized carbons (Fsp3) is 0.632. The summed E-state index contributed by atoms with van der Waals surface area (Å²) in [6, 6.07) is 7.14. The van der Waals surface area contributed by atoms with Gasteiger partial charge in [-0.2, -0.15) is 0 Å². The zero-order valence-corrected chi connectivity index (χ0v) is 15.2. The van der Waals surface area contributed by atoms with Crippen molar-refractivity contribution in [2.75, 3.05) is 26.2 Å². The Morgan fingerprint density at radius 3 is 2.76 bits per heavy atom. The molecule has 136 valence electrons. The van der Waals surface area contributed by atoms with Crippen LogP contribution in [0.25, 0.3) is 10.2 Å². The fourth-order valence-corrected chi connectivity index (χ4v) is 5.16. The second-order valence-electron chi connectivity index (χ2n) is 7.25. The summed E-state index contributed by atoms with van der Waals surface area (Å²) in [7, 11) is 0. The number of nitrogens with zero attached hydrogens (tertiary/aromatic N) is 2. The molecule has 6 heteroatoms. The molecule has 1 N–H and O–H groups in total. The van der Waals surface area contributed by atoms with Gasteiger partial charge in [0.15, 0.2) is 0 Å². The summed E-state index contributed by atoms with van der Waals surface area (Å²) in [5.74, 6) is 0.419. The van der Waals surface area contributed by atoms with Crippen LogP contribution in [-0.2, 0) is 0 Å². The lowest BCUT2D eigenvalue weighted by Crippen LogP contribution is -2.36. The molecule has 0 amide bonds. The van der Waals surface area contributed by atoms with Crippen molar-refractivity contribution in [1.29, 1.82) is 0 Å². The van der Waals surface area contributed by atoms with Crippen LogP contribution in [0.5, 0.6) is 0 Å². The van der Waals surface area contributed by atoms with Crippen LogP contribution in [0.3, 0.4) is 0 Å². The Balaban J connectivity index is 1.46. The van der Waals surface area contributed by atoms with Crippen molar-refractivity contribution < 1.29 is 8.78 Å². The normalized spacial score (nSPS) is 23.6. The van der Waals surface area contributed by atoms with Crippen molar-refractivity contribution in [2.45, 2.75) is 50.5 Å². The number of likely N-dealkylation sites (tertiary alicyclic amines) is 1. The molecule has 2 aromatic rings. The Hall–Kier alpha value is -1.11. The molecule has 0 spiro atoms. The second-order valence-corrected chi connectivity index (χ2v) is 8.31. The Morgan fingerprint density at radius 2 is 2.04 bits per heavy atom. The van der Waals surface area contributed by atoms with Crippen LogP contribution in [-0.4, -0.2) is 42.5 Å². The maximum absolute atomic E-state index is 12.5. The number of hydrogen-bond acceptors (Lipinski definition) is 4. The number of piperidine rings is 2. The third-order valence-electron chi connectivity index (χ3n) is 5.47. The maximum atomic E-state index is 12.5. The van der Waals surface area contributed by atoms with Gasteiger partial charge in [-0.25, -0.2) is 13.8 Å². The minimum atomic E-state index is -2.23. The quantitative estimate of drug-likeness (QED) is 0.861. The smallest absolute Gasteiger partial charge is 0.251 e. The third-order valence-corrected chi connectivity index (χ3v) is 6.67. The highest BCUT2D eigenvalue weighted by Crippen LogP contribution is 2.35. The number of nitrogens with one attached hydrogen (secondary N) is 1. The van der Waals surface area contributed by atoms with Crippen LogP contribution >= 0.6 is 11.3 Å². The zero-order valence-electron chi connectivity index (χ0n) is 14.4. The van der Waals surface area contributed by atoms with Crippen LogP contribution < -0.4 is 5.32 Å². The van der Waals surface area contributed by atoms with Gasteiger partial charge in [-0.3, -0.25) is 4.90 Å². The van der Waals surface area contributed by atoms with E-state index in [4.69, 9.17) is 4.98 Å². The van der Waals surface area contributed by atoms with E-state index in [9.17, 15) is 8.78 Å². The minimum Gasteiger partial charge on any atom is -0.310 e. The molecule has 1 atom stereocenters. The summed E-state index contributed by atoms with van der Waals surface area (Å²) in [6.07, 6.45) is 3.39. The van der Waals surface area contributed by atoms with E-state index in [2.05, 4.69) is 23.5 Å². The fourth-order valence-electron chi connectivity index (χ4n) is 4.05. The molecular weight excluding hydrogens is 340 g/mol. The van der Waals surface area contributed by atoms with E-state index in [1.54, 1.807) is 11.3 Å². The molecule has 0 radical (unpaired) electrons. The number of rotatable bonds is 4. The van der Waals surface area contributed by atoms with E-state index in [-0.39, 0.29) is 6.54 Å². The highest BCUT2D eigenvalue weighted by Gasteiger charge is 2.25. The lowest BCUT2D eigenvalue weighted by Gasteiger charge is -2.30. The largest absolute Gasteiger partial charge is 0.310 e. The lowest BCUT2D eigenvalue weighted by molar-refractivity contribution is 0.0754. The van der Waals surface area contributed by atoms with Gasteiger partial charge in [-0.05, 0) is 63.0 Å². The average Bonchev–Trinajstić information content (AvgIpc) is 3.06. The first-order chi connectivity index (χ1) is 12.2. The summed E-state index contributed by atoms with van der Waals surface area (Å²) in [5.41, 5.74) is 2.44. The van der Waals surface area contributed by atoms with Gasteiger partial charge in [-0.15, -0.1) is 11.3 Å². The molecule has 3 heterocycles. The standard InChI is InChI=1S/C19H25F2N3S/c20-18(21)12-24-9-6-13(7-10-24)19-23-16-11-14(4-5-17(16)25-19)15-3-1-2-8-22-15/h4-5,11,13,15,18,22H,1-3,6-10,12H2. The van der Waals surface area contributed by atoms with E-state index >= 15 is 0 Å². The minimum absolute atomic E-state index is 0.0929. The van der Waals surface area contributed by atoms with E-state index < -0.39 is 6.43 Å². The molecule has 3 nitrogen and oxygen atoms in total. The van der Waals surface area contributed by atoms with Gasteiger partial charge < -0.3 is 5.32 Å². The van der Waals surface area contributed by atoms with Gasteiger partial charge in [0, 0.05) is 12.0 Å². The third kappa shape index (κ3) is 4.01. The Morgan fingerprint density at radius 1 is 1.20 bits per heavy atom. The molecule has 2 aliphatic rings. The van der Waals surface area contributed by atoms with Gasteiger partial charge >= 0.3 is 0 Å². The first-order valence-corrected chi connectivity index (χ1v) is 10.1. The molecule has 2 aliphatic heterocycles. The van der Waals surface area contributed by atoms with Gasteiger partial charge in [-0.1, -0.05) is 12.5 Å². The number of thiazole rings is 1. The second kappa shape index (κ2) is 7.64. The van der Waals surface area contributed by atoms with Crippen molar-refractivity contribution in [2.24, 2.45) is 0 Å². The van der Waals surface area contributed by atoms with E-state index in [0.29, 0.717) is 12.0 Å². The molecule has 0 bridgehead atoms. The molecule has 0 saturated carbocycles. The molecule has 1 aromatic carbocycles. The summed E-state index contributed by atoms with van der Waals surface area (Å²) < 4.78 is 26.3. The van der Waals surface area contributed by atoms with Crippen LogP contribution in [0.2, 0.25) is 0 Å². The van der Waals surface area contributed by atoms with Crippen molar-refractivity contribution in [3.63, 3.8) is 0 Å². The number of alkyl halides is 2. The van der Waals surface area contributed by atoms with Crippen molar-refractivity contribution >= 4 is 21.6 Å². The highest BCUT2D eigenvalue weighted by atomic mass is 32.1. The number of fused-ring (bicyclic) bond motifs is 1. The lowest BCUT2D eigenvalue weighted by atomic mass is 9.97. The van der Waals surface area contributed by atoms with Crippen LogP contribution in [0.15, 0.2) is 18.2 Å². The van der Waals surface area contributed by atoms with E-state index in [0.717, 1.165) is 38.0 Å². The topological polar surface area (TPSA) is 28.2 Å². The Labute approximate surface area is 151 Å². The van der Waals surface area contributed by atoms with Crippen LogP contribution in [0.1, 0.15) is 54.6 Å². The summed E-state index contributed by atoms with van der Waals surface area (Å²) in [5, 5.41) is 4.78. The maximum Gasteiger partial charge on any atom is 0.251 e. The summed E-state index contributed by atoms with van der Waals surface area (Å²) in [4.78, 5) is 6.78.